The van der Waals surface area contributed by atoms with Crippen LogP contribution >= 0.6 is 11.6 Å². The van der Waals surface area contributed by atoms with Crippen LogP contribution in [0.2, 0.25) is 5.02 Å². The molecule has 4 nitrogen and oxygen atoms in total. The molecule has 0 amide bonds. The van der Waals surface area contributed by atoms with E-state index in [2.05, 4.69) is 20.6 Å². The number of nitrogens with one attached hydrogen (secondary N) is 2. The van der Waals surface area contributed by atoms with Gasteiger partial charge in [0.2, 0.25) is 0 Å². The van der Waals surface area contributed by atoms with Gasteiger partial charge in [-0.2, -0.15) is 0 Å². The van der Waals surface area contributed by atoms with E-state index < -0.39 is 0 Å². The maximum absolute atomic E-state index is 6.22. The van der Waals surface area contributed by atoms with Crippen LogP contribution in [0.5, 0.6) is 0 Å². The van der Waals surface area contributed by atoms with E-state index in [-0.39, 0.29) is 0 Å². The monoisotopic (exact) mass is 276 g/mol. The van der Waals surface area contributed by atoms with Crippen molar-refractivity contribution < 1.29 is 0 Å². The molecule has 2 N–H and O–H groups in total. The normalized spacial score (nSPS) is 10.4. The van der Waals surface area contributed by atoms with Crippen LogP contribution < -0.4 is 10.6 Å². The van der Waals surface area contributed by atoms with E-state index in [9.17, 15) is 0 Å². The van der Waals surface area contributed by atoms with Crippen molar-refractivity contribution in [3.8, 4) is 0 Å². The van der Waals surface area contributed by atoms with E-state index in [4.69, 9.17) is 11.6 Å². The van der Waals surface area contributed by atoms with Crippen molar-refractivity contribution in [1.82, 2.24) is 9.97 Å². The molecule has 1 heterocycles. The first-order valence-corrected chi connectivity index (χ1v) is 6.46. The van der Waals surface area contributed by atoms with E-state index in [1.807, 2.05) is 46.0 Å². The molecule has 1 aromatic carbocycles. The Labute approximate surface area is 118 Å². The summed E-state index contributed by atoms with van der Waals surface area (Å²) in [5, 5.41) is 7.05. The summed E-state index contributed by atoms with van der Waals surface area (Å²) in [5.74, 6) is 2.30. The summed E-state index contributed by atoms with van der Waals surface area (Å²) < 4.78 is 0. The van der Waals surface area contributed by atoms with Crippen molar-refractivity contribution in [3.05, 3.63) is 40.2 Å². The second-order valence-corrected chi connectivity index (χ2v) is 4.81. The van der Waals surface area contributed by atoms with E-state index in [0.717, 1.165) is 28.5 Å². The van der Waals surface area contributed by atoms with Crippen LogP contribution in [-0.4, -0.2) is 17.0 Å². The zero-order chi connectivity index (χ0) is 14.0. The number of halogens is 1. The zero-order valence-corrected chi connectivity index (χ0v) is 12.3. The number of rotatable bonds is 3. The Kier molecular flexibility index (Phi) is 3.90. The van der Waals surface area contributed by atoms with Crippen LogP contribution in [0.15, 0.2) is 18.2 Å². The Morgan fingerprint density at radius 3 is 2.37 bits per heavy atom. The van der Waals surface area contributed by atoms with Crippen molar-refractivity contribution in [1.29, 1.82) is 0 Å². The quantitative estimate of drug-likeness (QED) is 0.894. The van der Waals surface area contributed by atoms with Crippen LogP contribution in [-0.2, 0) is 0 Å². The fourth-order valence-electron chi connectivity index (χ4n) is 1.90. The highest BCUT2D eigenvalue weighted by molar-refractivity contribution is 6.33. The lowest BCUT2D eigenvalue weighted by Crippen LogP contribution is -2.06. The smallest absolute Gasteiger partial charge is 0.139 e. The fraction of sp³-hybridized carbons (Fsp3) is 0.286. The van der Waals surface area contributed by atoms with Crippen LogP contribution in [0.25, 0.3) is 0 Å². The van der Waals surface area contributed by atoms with Crippen LogP contribution in [0.1, 0.15) is 17.0 Å². The summed E-state index contributed by atoms with van der Waals surface area (Å²) in [6.45, 7) is 5.85. The largest absolute Gasteiger partial charge is 0.373 e. The highest BCUT2D eigenvalue weighted by Crippen LogP contribution is 2.30. The molecule has 0 aliphatic heterocycles. The van der Waals surface area contributed by atoms with Crippen molar-refractivity contribution in [2.45, 2.75) is 20.8 Å². The number of para-hydroxylation sites is 1. The van der Waals surface area contributed by atoms with Gasteiger partial charge >= 0.3 is 0 Å². The molecule has 1 aromatic heterocycles. The van der Waals surface area contributed by atoms with Crippen LogP contribution in [0.3, 0.4) is 0 Å². The average Bonchev–Trinajstić information content (AvgIpc) is 2.37. The maximum Gasteiger partial charge on any atom is 0.139 e. The molecule has 19 heavy (non-hydrogen) atoms. The lowest BCUT2D eigenvalue weighted by atomic mass is 10.2. The zero-order valence-electron chi connectivity index (χ0n) is 11.5. The van der Waals surface area contributed by atoms with Crippen LogP contribution in [0.4, 0.5) is 17.3 Å². The summed E-state index contributed by atoms with van der Waals surface area (Å²) in [5.41, 5.74) is 2.93. The van der Waals surface area contributed by atoms with Crippen molar-refractivity contribution in [2.24, 2.45) is 0 Å². The first-order chi connectivity index (χ1) is 9.02. The summed E-state index contributed by atoms with van der Waals surface area (Å²) in [6.07, 6.45) is 0. The van der Waals surface area contributed by atoms with Gasteiger partial charge in [0.25, 0.3) is 0 Å². The van der Waals surface area contributed by atoms with Crippen molar-refractivity contribution >= 4 is 28.9 Å². The molecule has 0 unspecified atom stereocenters. The number of hydrogen-bond acceptors (Lipinski definition) is 4. The van der Waals surface area contributed by atoms with E-state index >= 15 is 0 Å². The number of anilines is 3. The highest BCUT2D eigenvalue weighted by Gasteiger charge is 2.11. The fourth-order valence-corrected chi connectivity index (χ4v) is 2.17. The molecule has 0 aliphatic carbocycles. The number of hydrogen-bond donors (Lipinski definition) is 2. The molecule has 0 radical (unpaired) electrons. The molecule has 0 aliphatic rings. The SMILES string of the molecule is CNc1nc(C)nc(Nc2c(C)cccc2Cl)c1C. The van der Waals surface area contributed by atoms with Gasteiger partial charge in [0.1, 0.15) is 17.5 Å². The average molecular weight is 277 g/mol. The Morgan fingerprint density at radius 1 is 1.05 bits per heavy atom. The van der Waals surface area contributed by atoms with E-state index in [1.165, 1.54) is 0 Å². The summed E-state index contributed by atoms with van der Waals surface area (Å²) in [4.78, 5) is 8.78. The van der Waals surface area contributed by atoms with Gasteiger partial charge in [-0.1, -0.05) is 23.7 Å². The summed E-state index contributed by atoms with van der Waals surface area (Å²) in [7, 11) is 1.85. The van der Waals surface area contributed by atoms with Gasteiger partial charge in [-0.25, -0.2) is 9.97 Å². The Morgan fingerprint density at radius 2 is 1.74 bits per heavy atom. The van der Waals surface area contributed by atoms with Gasteiger partial charge in [-0.05, 0) is 32.4 Å². The molecule has 0 fully saturated rings. The molecule has 0 spiro atoms. The molecule has 100 valence electrons. The Bertz CT molecular complexity index is 590. The Hall–Kier alpha value is -1.81. The number of aromatic nitrogens is 2. The van der Waals surface area contributed by atoms with Gasteiger partial charge in [0.05, 0.1) is 10.7 Å². The van der Waals surface area contributed by atoms with Gasteiger partial charge in [-0.15, -0.1) is 0 Å². The lowest BCUT2D eigenvalue weighted by Gasteiger charge is -2.15. The first kappa shape index (κ1) is 13.6. The number of nitrogens with zero attached hydrogens (tertiary/aromatic N) is 2. The molecule has 2 aromatic rings. The number of benzene rings is 1. The predicted octanol–water partition coefficient (Wildman–Crippen LogP) is 3.84. The molecule has 5 heteroatoms. The third-order valence-electron chi connectivity index (χ3n) is 2.96. The molecular formula is C14H17ClN4. The topological polar surface area (TPSA) is 49.8 Å². The molecule has 2 rings (SSSR count). The third-order valence-corrected chi connectivity index (χ3v) is 3.27. The minimum Gasteiger partial charge on any atom is -0.373 e. The predicted molar refractivity (Wildman–Crippen MR) is 80.5 cm³/mol. The third kappa shape index (κ3) is 2.79. The minimum absolute atomic E-state index is 0.682. The second-order valence-electron chi connectivity index (χ2n) is 4.40. The van der Waals surface area contributed by atoms with Crippen LogP contribution in [0, 0.1) is 20.8 Å². The van der Waals surface area contributed by atoms with Crippen molar-refractivity contribution in [2.75, 3.05) is 17.7 Å². The number of aryl methyl sites for hydroxylation is 2. The van der Waals surface area contributed by atoms with E-state index in [0.29, 0.717) is 10.8 Å². The molecule has 0 atom stereocenters. The molecule has 0 saturated heterocycles. The minimum atomic E-state index is 0.682. The van der Waals surface area contributed by atoms with Gasteiger partial charge in [0, 0.05) is 12.6 Å². The van der Waals surface area contributed by atoms with Gasteiger partial charge in [0.15, 0.2) is 0 Å². The molecular weight excluding hydrogens is 260 g/mol. The van der Waals surface area contributed by atoms with E-state index in [1.54, 1.807) is 0 Å². The second kappa shape index (κ2) is 5.45. The Balaban J connectivity index is 2.47. The standard InChI is InChI=1S/C14H17ClN4/c1-8-6-5-7-11(15)12(8)19-14-9(2)13(16-4)17-10(3)18-14/h5-7H,1-4H3,(H2,16,17,18,19). The van der Waals surface area contributed by atoms with Gasteiger partial charge in [-0.3, -0.25) is 0 Å². The molecule has 0 saturated carbocycles. The first-order valence-electron chi connectivity index (χ1n) is 6.08. The molecule has 0 bridgehead atoms. The lowest BCUT2D eigenvalue weighted by molar-refractivity contribution is 1.03. The maximum atomic E-state index is 6.22. The highest BCUT2D eigenvalue weighted by atomic mass is 35.5. The van der Waals surface area contributed by atoms with Gasteiger partial charge < -0.3 is 10.6 Å². The van der Waals surface area contributed by atoms with Crippen molar-refractivity contribution in [3.63, 3.8) is 0 Å². The summed E-state index contributed by atoms with van der Waals surface area (Å²) in [6, 6.07) is 5.80. The summed E-state index contributed by atoms with van der Waals surface area (Å²) >= 11 is 6.22.